The first-order chi connectivity index (χ1) is 10.5. The van der Waals surface area contributed by atoms with Gasteiger partial charge in [-0.15, -0.1) is 0 Å². The number of rotatable bonds is 9. The Labute approximate surface area is 135 Å². The van der Waals surface area contributed by atoms with Crippen molar-refractivity contribution in [1.29, 1.82) is 0 Å². The van der Waals surface area contributed by atoms with E-state index in [0.717, 1.165) is 0 Å². The molecule has 1 amide bonds. The van der Waals surface area contributed by atoms with Gasteiger partial charge in [-0.2, -0.15) is 0 Å². The van der Waals surface area contributed by atoms with Crippen LogP contribution in [0.4, 0.5) is 5.69 Å². The highest BCUT2D eigenvalue weighted by molar-refractivity contribution is 6.32. The number of hydrogen-bond acceptors (Lipinski definition) is 5. The van der Waals surface area contributed by atoms with Crippen LogP contribution < -0.4 is 14.8 Å². The van der Waals surface area contributed by atoms with Gasteiger partial charge >= 0.3 is 0 Å². The van der Waals surface area contributed by atoms with Crippen molar-refractivity contribution in [2.45, 2.75) is 20.0 Å². The van der Waals surface area contributed by atoms with Crippen LogP contribution in [0.15, 0.2) is 12.1 Å². The first-order valence-electron chi connectivity index (χ1n) is 6.95. The van der Waals surface area contributed by atoms with Gasteiger partial charge in [0.25, 0.3) is 5.91 Å². The SMILES string of the molecule is CCOCCOC(C)C(=O)Nc1cc(OC)c(Cl)cc1OC. The zero-order valence-corrected chi connectivity index (χ0v) is 14.0. The van der Waals surface area contributed by atoms with E-state index in [-0.39, 0.29) is 5.91 Å². The van der Waals surface area contributed by atoms with Crippen LogP contribution >= 0.6 is 11.6 Å². The monoisotopic (exact) mass is 331 g/mol. The second-order valence-corrected chi connectivity index (χ2v) is 4.79. The van der Waals surface area contributed by atoms with Gasteiger partial charge in [0.2, 0.25) is 0 Å². The smallest absolute Gasteiger partial charge is 0.253 e. The van der Waals surface area contributed by atoms with Gasteiger partial charge in [-0.05, 0) is 13.8 Å². The summed E-state index contributed by atoms with van der Waals surface area (Å²) in [6.45, 7) is 4.98. The van der Waals surface area contributed by atoms with Crippen molar-refractivity contribution in [2.75, 3.05) is 39.4 Å². The molecule has 124 valence electrons. The molecule has 0 aromatic heterocycles. The van der Waals surface area contributed by atoms with Gasteiger partial charge in [-0.3, -0.25) is 4.79 Å². The lowest BCUT2D eigenvalue weighted by Crippen LogP contribution is -2.29. The Balaban J connectivity index is 2.70. The zero-order valence-electron chi connectivity index (χ0n) is 13.3. The van der Waals surface area contributed by atoms with Gasteiger partial charge in [0.15, 0.2) is 0 Å². The van der Waals surface area contributed by atoms with Crippen molar-refractivity contribution in [3.63, 3.8) is 0 Å². The molecule has 0 aliphatic carbocycles. The van der Waals surface area contributed by atoms with E-state index in [1.54, 1.807) is 19.1 Å². The fourth-order valence-corrected chi connectivity index (χ4v) is 1.93. The summed E-state index contributed by atoms with van der Waals surface area (Å²) in [7, 11) is 2.99. The van der Waals surface area contributed by atoms with Gasteiger partial charge in [0.1, 0.15) is 17.6 Å². The molecule has 1 atom stereocenters. The maximum atomic E-state index is 12.1. The van der Waals surface area contributed by atoms with E-state index in [4.69, 9.17) is 30.5 Å². The number of halogens is 1. The number of carbonyl (C=O) groups is 1. The third-order valence-corrected chi connectivity index (χ3v) is 3.20. The number of nitrogens with one attached hydrogen (secondary N) is 1. The minimum atomic E-state index is -0.619. The van der Waals surface area contributed by atoms with Crippen LogP contribution in [0.1, 0.15) is 13.8 Å². The highest BCUT2D eigenvalue weighted by Gasteiger charge is 2.17. The Kier molecular flexibility index (Phi) is 8.01. The Bertz CT molecular complexity index is 495. The summed E-state index contributed by atoms with van der Waals surface area (Å²) in [6.07, 6.45) is -0.619. The maximum Gasteiger partial charge on any atom is 0.253 e. The summed E-state index contributed by atoms with van der Waals surface area (Å²) in [6, 6.07) is 3.18. The lowest BCUT2D eigenvalue weighted by atomic mass is 10.2. The van der Waals surface area contributed by atoms with E-state index in [0.29, 0.717) is 42.0 Å². The van der Waals surface area contributed by atoms with E-state index < -0.39 is 6.10 Å². The number of methoxy groups -OCH3 is 2. The summed E-state index contributed by atoms with van der Waals surface area (Å²) < 4.78 is 20.9. The van der Waals surface area contributed by atoms with Crippen LogP contribution in [-0.4, -0.2) is 46.1 Å². The average molecular weight is 332 g/mol. The first kappa shape index (κ1) is 18.5. The van der Waals surface area contributed by atoms with Crippen LogP contribution in [0.25, 0.3) is 0 Å². The molecule has 6 nitrogen and oxygen atoms in total. The predicted molar refractivity (Wildman–Crippen MR) is 85.1 cm³/mol. The molecule has 0 bridgehead atoms. The number of anilines is 1. The molecular weight excluding hydrogens is 310 g/mol. The minimum Gasteiger partial charge on any atom is -0.495 e. The van der Waals surface area contributed by atoms with Gasteiger partial charge in [0, 0.05) is 18.7 Å². The standard InChI is InChI=1S/C15H22ClNO5/c1-5-21-6-7-22-10(2)15(18)17-12-9-13(19-3)11(16)8-14(12)20-4/h8-10H,5-7H2,1-4H3,(H,17,18). The molecule has 22 heavy (non-hydrogen) atoms. The van der Waals surface area contributed by atoms with Crippen molar-refractivity contribution >= 4 is 23.2 Å². The van der Waals surface area contributed by atoms with E-state index in [9.17, 15) is 4.79 Å². The molecule has 1 aromatic rings. The largest absolute Gasteiger partial charge is 0.495 e. The second kappa shape index (κ2) is 9.50. The van der Waals surface area contributed by atoms with E-state index >= 15 is 0 Å². The predicted octanol–water partition coefficient (Wildman–Crippen LogP) is 2.74. The average Bonchev–Trinajstić information content (AvgIpc) is 2.52. The number of carbonyl (C=O) groups excluding carboxylic acids is 1. The molecule has 0 heterocycles. The molecule has 0 spiro atoms. The number of ether oxygens (including phenoxy) is 4. The number of hydrogen-bond donors (Lipinski definition) is 1. The number of amides is 1. The molecule has 0 radical (unpaired) electrons. The number of benzene rings is 1. The normalized spacial score (nSPS) is 11.9. The summed E-state index contributed by atoms with van der Waals surface area (Å²) in [4.78, 5) is 12.1. The van der Waals surface area contributed by atoms with Crippen LogP contribution in [0.5, 0.6) is 11.5 Å². The van der Waals surface area contributed by atoms with Gasteiger partial charge in [-0.25, -0.2) is 0 Å². The van der Waals surface area contributed by atoms with Crippen LogP contribution in [0, 0.1) is 0 Å². The molecular formula is C15H22ClNO5. The van der Waals surface area contributed by atoms with Crippen molar-refractivity contribution in [3.05, 3.63) is 17.2 Å². The molecule has 1 rings (SSSR count). The molecule has 1 N–H and O–H groups in total. The Hall–Kier alpha value is -1.50. The van der Waals surface area contributed by atoms with Crippen molar-refractivity contribution < 1.29 is 23.7 Å². The third-order valence-electron chi connectivity index (χ3n) is 2.90. The second-order valence-electron chi connectivity index (χ2n) is 4.39. The summed E-state index contributed by atoms with van der Waals surface area (Å²) >= 11 is 6.02. The highest BCUT2D eigenvalue weighted by atomic mass is 35.5. The first-order valence-corrected chi connectivity index (χ1v) is 7.33. The molecule has 1 unspecified atom stereocenters. The zero-order chi connectivity index (χ0) is 16.5. The molecule has 0 saturated carbocycles. The van der Waals surface area contributed by atoms with E-state index in [2.05, 4.69) is 5.32 Å². The molecule has 7 heteroatoms. The molecule has 0 aliphatic rings. The lowest BCUT2D eigenvalue weighted by Gasteiger charge is -2.16. The Morgan fingerprint density at radius 2 is 1.91 bits per heavy atom. The third kappa shape index (κ3) is 5.36. The molecule has 0 fully saturated rings. The Morgan fingerprint density at radius 3 is 2.50 bits per heavy atom. The van der Waals surface area contributed by atoms with Crippen LogP contribution in [-0.2, 0) is 14.3 Å². The van der Waals surface area contributed by atoms with Crippen molar-refractivity contribution in [2.24, 2.45) is 0 Å². The summed E-state index contributed by atoms with van der Waals surface area (Å²) in [5, 5.41) is 3.14. The van der Waals surface area contributed by atoms with Crippen LogP contribution in [0.2, 0.25) is 5.02 Å². The Morgan fingerprint density at radius 1 is 1.23 bits per heavy atom. The fraction of sp³-hybridized carbons (Fsp3) is 0.533. The molecule has 1 aromatic carbocycles. The van der Waals surface area contributed by atoms with Crippen molar-refractivity contribution in [3.8, 4) is 11.5 Å². The van der Waals surface area contributed by atoms with Gasteiger partial charge < -0.3 is 24.3 Å². The lowest BCUT2D eigenvalue weighted by molar-refractivity contribution is -0.127. The maximum absolute atomic E-state index is 12.1. The fourth-order valence-electron chi connectivity index (χ4n) is 1.70. The summed E-state index contributed by atoms with van der Waals surface area (Å²) in [5.41, 5.74) is 0.467. The van der Waals surface area contributed by atoms with Gasteiger partial charge in [0.05, 0.1) is 38.1 Å². The molecule has 0 saturated heterocycles. The highest BCUT2D eigenvalue weighted by Crippen LogP contribution is 2.35. The van der Waals surface area contributed by atoms with E-state index in [1.165, 1.54) is 14.2 Å². The van der Waals surface area contributed by atoms with E-state index in [1.807, 2.05) is 6.92 Å². The van der Waals surface area contributed by atoms with Crippen LogP contribution in [0.3, 0.4) is 0 Å². The van der Waals surface area contributed by atoms with Crippen molar-refractivity contribution in [1.82, 2.24) is 0 Å². The van der Waals surface area contributed by atoms with Gasteiger partial charge in [-0.1, -0.05) is 11.6 Å². The minimum absolute atomic E-state index is 0.292. The topological polar surface area (TPSA) is 66.0 Å². The molecule has 0 aliphatic heterocycles. The quantitative estimate of drug-likeness (QED) is 0.705. The summed E-state index contributed by atoms with van der Waals surface area (Å²) in [5.74, 6) is 0.600.